The molecule has 0 aliphatic heterocycles. The van der Waals surface area contributed by atoms with E-state index >= 15 is 0 Å². The zero-order chi connectivity index (χ0) is 19.8. The molecule has 1 rings (SSSR count). The largest absolute Gasteiger partial charge is 0.460 e. The van der Waals surface area contributed by atoms with Crippen LogP contribution >= 0.6 is 34.8 Å². The predicted octanol–water partition coefficient (Wildman–Crippen LogP) is 4.01. The van der Waals surface area contributed by atoms with Crippen LogP contribution in [0.25, 0.3) is 0 Å². The monoisotopic (exact) mass is 425 g/mol. The molecular formula is C17H22Cl3NO5. The van der Waals surface area contributed by atoms with Crippen molar-refractivity contribution in [3.63, 3.8) is 0 Å². The first-order valence-electron chi connectivity index (χ1n) is 7.81. The third-order valence-corrected chi connectivity index (χ3v) is 3.08. The van der Waals surface area contributed by atoms with Crippen molar-refractivity contribution < 1.29 is 23.8 Å². The number of benzene rings is 1. The number of hydrogen-bond donors (Lipinski definition) is 1. The minimum Gasteiger partial charge on any atom is -0.460 e. The van der Waals surface area contributed by atoms with Crippen LogP contribution in [0.4, 0.5) is 4.79 Å². The highest BCUT2D eigenvalue weighted by Gasteiger charge is 2.29. The number of ether oxygens (including phenoxy) is 3. The summed E-state index contributed by atoms with van der Waals surface area (Å²) in [4.78, 5) is 24.1. The highest BCUT2D eigenvalue weighted by molar-refractivity contribution is 6.67. The fourth-order valence-corrected chi connectivity index (χ4v) is 1.90. The van der Waals surface area contributed by atoms with E-state index in [-0.39, 0.29) is 13.2 Å². The van der Waals surface area contributed by atoms with Gasteiger partial charge < -0.3 is 19.5 Å². The van der Waals surface area contributed by atoms with Gasteiger partial charge in [0, 0.05) is 0 Å². The second-order valence-corrected chi connectivity index (χ2v) is 8.94. The molecule has 9 heteroatoms. The molecule has 1 N–H and O–H groups in total. The van der Waals surface area contributed by atoms with E-state index in [1.807, 2.05) is 30.3 Å². The third-order valence-electron chi connectivity index (χ3n) is 2.75. The third kappa shape index (κ3) is 10.7. The summed E-state index contributed by atoms with van der Waals surface area (Å²) in [5, 5.41) is 2.41. The predicted molar refractivity (Wildman–Crippen MR) is 101 cm³/mol. The molecule has 0 bridgehead atoms. The van der Waals surface area contributed by atoms with E-state index in [4.69, 9.17) is 49.0 Å². The molecule has 0 spiro atoms. The first-order valence-corrected chi connectivity index (χ1v) is 8.94. The van der Waals surface area contributed by atoms with Gasteiger partial charge in [-0.2, -0.15) is 0 Å². The maximum atomic E-state index is 12.2. The molecular weight excluding hydrogens is 405 g/mol. The Morgan fingerprint density at radius 2 is 1.73 bits per heavy atom. The summed E-state index contributed by atoms with van der Waals surface area (Å²) in [6.45, 7) is 4.78. The molecule has 1 aromatic rings. The van der Waals surface area contributed by atoms with Crippen molar-refractivity contribution in [3.05, 3.63) is 35.9 Å². The molecule has 6 nitrogen and oxygen atoms in total. The summed E-state index contributed by atoms with van der Waals surface area (Å²) in [7, 11) is 0. The van der Waals surface area contributed by atoms with Gasteiger partial charge in [-0.15, -0.1) is 0 Å². The Kier molecular flexibility index (Phi) is 8.96. The first kappa shape index (κ1) is 22.8. The number of amides is 1. The number of hydrogen-bond acceptors (Lipinski definition) is 5. The number of alkyl carbamates (subject to hydrolysis) is 1. The van der Waals surface area contributed by atoms with Crippen LogP contribution in [0.2, 0.25) is 0 Å². The number of esters is 1. The fraction of sp³-hybridized carbons (Fsp3) is 0.529. The van der Waals surface area contributed by atoms with Crippen LogP contribution in [-0.2, 0) is 25.6 Å². The second-order valence-electron chi connectivity index (χ2n) is 6.42. The SMILES string of the molecule is CC(C)(C)OC(=O)N[C@@H](COCc1ccccc1)C(=O)OCC(Cl)(Cl)Cl. The van der Waals surface area contributed by atoms with Crippen LogP contribution in [0.1, 0.15) is 26.3 Å². The van der Waals surface area contributed by atoms with Crippen molar-refractivity contribution in [3.8, 4) is 0 Å². The topological polar surface area (TPSA) is 73.9 Å². The highest BCUT2D eigenvalue weighted by atomic mass is 35.6. The van der Waals surface area contributed by atoms with Gasteiger partial charge in [0.1, 0.15) is 12.2 Å². The van der Waals surface area contributed by atoms with Crippen molar-refractivity contribution in [1.29, 1.82) is 0 Å². The number of carbonyl (C=O) groups is 2. The summed E-state index contributed by atoms with van der Waals surface area (Å²) in [5.41, 5.74) is 0.194. The van der Waals surface area contributed by atoms with Crippen LogP contribution < -0.4 is 5.32 Å². The van der Waals surface area contributed by atoms with Gasteiger partial charge in [0.15, 0.2) is 6.04 Å². The summed E-state index contributed by atoms with van der Waals surface area (Å²) >= 11 is 16.7. The molecule has 1 atom stereocenters. The summed E-state index contributed by atoms with van der Waals surface area (Å²) < 4.78 is 13.8. The smallest absolute Gasteiger partial charge is 0.408 e. The fourth-order valence-electron chi connectivity index (χ4n) is 1.74. The van der Waals surface area contributed by atoms with Gasteiger partial charge in [-0.05, 0) is 26.3 Å². The summed E-state index contributed by atoms with van der Waals surface area (Å²) in [6.07, 6.45) is -0.781. The van der Waals surface area contributed by atoms with E-state index in [0.717, 1.165) is 5.56 Å². The molecule has 0 fully saturated rings. The van der Waals surface area contributed by atoms with Crippen molar-refractivity contribution in [1.82, 2.24) is 5.32 Å². The van der Waals surface area contributed by atoms with Crippen molar-refractivity contribution in [2.75, 3.05) is 13.2 Å². The van der Waals surface area contributed by atoms with Gasteiger partial charge in [0.05, 0.1) is 13.2 Å². The van der Waals surface area contributed by atoms with E-state index in [9.17, 15) is 9.59 Å². The van der Waals surface area contributed by atoms with E-state index in [0.29, 0.717) is 0 Å². The minimum atomic E-state index is -1.75. The molecule has 1 aromatic carbocycles. The Bertz CT molecular complexity index is 584. The van der Waals surface area contributed by atoms with Gasteiger partial charge in [-0.3, -0.25) is 0 Å². The molecule has 0 unspecified atom stereocenters. The average molecular weight is 427 g/mol. The molecule has 0 saturated carbocycles. The lowest BCUT2D eigenvalue weighted by molar-refractivity contribution is -0.147. The van der Waals surface area contributed by atoms with Crippen molar-refractivity contribution >= 4 is 46.9 Å². The molecule has 1 amide bonds. The molecule has 0 aliphatic rings. The van der Waals surface area contributed by atoms with Crippen molar-refractivity contribution in [2.45, 2.75) is 42.8 Å². The maximum absolute atomic E-state index is 12.2. The molecule has 0 heterocycles. The van der Waals surface area contributed by atoms with Gasteiger partial charge in [0.25, 0.3) is 0 Å². The molecule has 0 aliphatic carbocycles. The van der Waals surface area contributed by atoms with Crippen LogP contribution in [0.5, 0.6) is 0 Å². The molecule has 0 radical (unpaired) electrons. The second kappa shape index (κ2) is 10.2. The van der Waals surface area contributed by atoms with Crippen LogP contribution in [0, 0.1) is 0 Å². The Labute approximate surface area is 168 Å². The summed E-state index contributed by atoms with van der Waals surface area (Å²) in [5.74, 6) is -0.796. The van der Waals surface area contributed by atoms with E-state index in [1.54, 1.807) is 20.8 Å². The Balaban J connectivity index is 2.64. The van der Waals surface area contributed by atoms with Gasteiger partial charge >= 0.3 is 12.1 Å². The van der Waals surface area contributed by atoms with E-state index in [2.05, 4.69) is 5.32 Å². The van der Waals surface area contributed by atoms with Gasteiger partial charge in [-0.1, -0.05) is 65.1 Å². The van der Waals surface area contributed by atoms with Crippen LogP contribution in [-0.4, -0.2) is 40.7 Å². The Hall–Kier alpha value is -1.21. The lowest BCUT2D eigenvalue weighted by Gasteiger charge is -2.23. The summed E-state index contributed by atoms with van der Waals surface area (Å²) in [6, 6.07) is 8.25. The first-order chi connectivity index (χ1) is 12.0. The average Bonchev–Trinajstić information content (AvgIpc) is 2.50. The standard InChI is InChI=1S/C17H22Cl3NO5/c1-16(2,3)26-15(23)21-13(14(22)25-11-17(18,19)20)10-24-9-12-7-5-4-6-8-12/h4-8,13H,9-11H2,1-3H3,(H,21,23)/t13-/m0/s1. The minimum absolute atomic E-state index is 0.132. The molecule has 146 valence electrons. The zero-order valence-electron chi connectivity index (χ0n) is 14.8. The molecule has 26 heavy (non-hydrogen) atoms. The number of rotatable bonds is 7. The van der Waals surface area contributed by atoms with E-state index < -0.39 is 34.1 Å². The van der Waals surface area contributed by atoms with Crippen molar-refractivity contribution in [2.24, 2.45) is 0 Å². The molecule has 0 saturated heterocycles. The number of nitrogens with one attached hydrogen (secondary N) is 1. The van der Waals surface area contributed by atoms with Crippen LogP contribution in [0.15, 0.2) is 30.3 Å². The van der Waals surface area contributed by atoms with Crippen LogP contribution in [0.3, 0.4) is 0 Å². The Morgan fingerprint density at radius 1 is 1.12 bits per heavy atom. The lowest BCUT2D eigenvalue weighted by atomic mass is 10.2. The highest BCUT2D eigenvalue weighted by Crippen LogP contribution is 2.26. The quantitative estimate of drug-likeness (QED) is 0.527. The Morgan fingerprint density at radius 3 is 2.27 bits per heavy atom. The zero-order valence-corrected chi connectivity index (χ0v) is 17.0. The number of halogens is 3. The maximum Gasteiger partial charge on any atom is 0.408 e. The van der Waals surface area contributed by atoms with Gasteiger partial charge in [0.2, 0.25) is 3.79 Å². The number of alkyl halides is 3. The number of carbonyl (C=O) groups excluding carboxylic acids is 2. The van der Waals surface area contributed by atoms with Gasteiger partial charge in [-0.25, -0.2) is 9.59 Å². The van der Waals surface area contributed by atoms with E-state index in [1.165, 1.54) is 0 Å². The normalized spacial score (nSPS) is 13.0. The molecule has 0 aromatic heterocycles. The lowest BCUT2D eigenvalue weighted by Crippen LogP contribution is -2.47.